The highest BCUT2D eigenvalue weighted by Gasteiger charge is 2.14. The third-order valence-corrected chi connectivity index (χ3v) is 3.53. The molecule has 0 heterocycles. The molecule has 0 unspecified atom stereocenters. The van der Waals surface area contributed by atoms with Crippen molar-refractivity contribution in [3.8, 4) is 5.75 Å². The molecule has 0 atom stereocenters. The number of hydrogen-bond donors (Lipinski definition) is 2. The first-order valence-corrected chi connectivity index (χ1v) is 7.51. The predicted molar refractivity (Wildman–Crippen MR) is 93.1 cm³/mol. The molecule has 2 N–H and O–H groups in total. The van der Waals surface area contributed by atoms with Crippen LogP contribution in [0.4, 0.5) is 5.69 Å². The number of carbonyl (C=O) groups excluding carboxylic acids is 2. The summed E-state index contributed by atoms with van der Waals surface area (Å²) in [6.45, 7) is 0. The zero-order chi connectivity index (χ0) is 17.7. The van der Waals surface area contributed by atoms with Crippen LogP contribution < -0.4 is 10.1 Å². The van der Waals surface area contributed by atoms with Crippen LogP contribution in [0.3, 0.4) is 0 Å². The maximum absolute atomic E-state index is 12.0. The number of amides is 1. The van der Waals surface area contributed by atoms with Crippen LogP contribution in [0.15, 0.2) is 54.3 Å². The molecule has 0 aliphatic rings. The number of anilines is 1. The SMILES string of the molecule is COc1ccc(Cl)cc1NC(=O)/C(O)=C/C(=O)c1ccc(Cl)cc1. The van der Waals surface area contributed by atoms with E-state index in [4.69, 9.17) is 27.9 Å². The van der Waals surface area contributed by atoms with Crippen LogP contribution in [0.5, 0.6) is 5.75 Å². The zero-order valence-electron chi connectivity index (χ0n) is 12.5. The largest absolute Gasteiger partial charge is 0.503 e. The van der Waals surface area contributed by atoms with Crippen molar-refractivity contribution in [1.82, 2.24) is 0 Å². The van der Waals surface area contributed by atoms with E-state index in [9.17, 15) is 14.7 Å². The molecular weight excluding hydrogens is 353 g/mol. The van der Waals surface area contributed by atoms with E-state index in [2.05, 4.69) is 5.32 Å². The second kappa shape index (κ2) is 7.86. The van der Waals surface area contributed by atoms with E-state index in [0.29, 0.717) is 21.4 Å². The fraction of sp³-hybridized carbons (Fsp3) is 0.0588. The quantitative estimate of drug-likeness (QED) is 0.471. The molecule has 2 aromatic carbocycles. The molecule has 0 fully saturated rings. The molecule has 2 rings (SSSR count). The van der Waals surface area contributed by atoms with Gasteiger partial charge in [-0.15, -0.1) is 0 Å². The van der Waals surface area contributed by atoms with Gasteiger partial charge in [0.1, 0.15) is 5.75 Å². The Hall–Kier alpha value is -2.50. The smallest absolute Gasteiger partial charge is 0.290 e. The molecule has 0 aliphatic heterocycles. The summed E-state index contributed by atoms with van der Waals surface area (Å²) in [5.41, 5.74) is 0.563. The number of aliphatic hydroxyl groups is 1. The second-order valence-electron chi connectivity index (χ2n) is 4.70. The van der Waals surface area contributed by atoms with Gasteiger partial charge in [-0.25, -0.2) is 0 Å². The molecule has 0 aliphatic carbocycles. The van der Waals surface area contributed by atoms with Crippen LogP contribution in [0.25, 0.3) is 0 Å². The summed E-state index contributed by atoms with van der Waals surface area (Å²) in [5.74, 6) is -1.77. The van der Waals surface area contributed by atoms with Crippen molar-refractivity contribution in [1.29, 1.82) is 0 Å². The number of allylic oxidation sites excluding steroid dienone is 1. The summed E-state index contributed by atoms with van der Waals surface area (Å²) in [4.78, 5) is 24.0. The van der Waals surface area contributed by atoms with Crippen molar-refractivity contribution in [2.24, 2.45) is 0 Å². The third-order valence-electron chi connectivity index (χ3n) is 3.04. The molecule has 0 bridgehead atoms. The Balaban J connectivity index is 2.15. The highest BCUT2D eigenvalue weighted by atomic mass is 35.5. The topological polar surface area (TPSA) is 75.6 Å². The monoisotopic (exact) mass is 365 g/mol. The first-order valence-electron chi connectivity index (χ1n) is 6.76. The summed E-state index contributed by atoms with van der Waals surface area (Å²) in [6.07, 6.45) is 0.829. The van der Waals surface area contributed by atoms with Crippen molar-refractivity contribution in [3.05, 3.63) is 69.9 Å². The van der Waals surface area contributed by atoms with Gasteiger partial charge in [0.05, 0.1) is 12.8 Å². The van der Waals surface area contributed by atoms with E-state index >= 15 is 0 Å². The van der Waals surface area contributed by atoms with Crippen molar-refractivity contribution in [3.63, 3.8) is 0 Å². The number of benzene rings is 2. The minimum atomic E-state index is -0.863. The lowest BCUT2D eigenvalue weighted by Crippen LogP contribution is -2.16. The van der Waals surface area contributed by atoms with E-state index in [1.54, 1.807) is 12.1 Å². The van der Waals surface area contributed by atoms with E-state index in [0.717, 1.165) is 6.08 Å². The van der Waals surface area contributed by atoms with Gasteiger partial charge in [0.25, 0.3) is 5.91 Å². The molecule has 124 valence electrons. The molecule has 0 spiro atoms. The minimum Gasteiger partial charge on any atom is -0.503 e. The Kier molecular flexibility index (Phi) is 5.84. The minimum absolute atomic E-state index is 0.272. The van der Waals surface area contributed by atoms with E-state index in [1.807, 2.05) is 0 Å². The van der Waals surface area contributed by atoms with Gasteiger partial charge < -0.3 is 15.2 Å². The van der Waals surface area contributed by atoms with Crippen molar-refractivity contribution in [2.75, 3.05) is 12.4 Å². The van der Waals surface area contributed by atoms with Crippen LogP contribution in [0.1, 0.15) is 10.4 Å². The standard InChI is InChI=1S/C17H13Cl2NO4/c1-24-16-7-6-12(19)8-13(16)20-17(23)15(22)9-14(21)10-2-4-11(18)5-3-10/h2-9,22H,1H3,(H,20,23)/b15-9-. The number of carbonyl (C=O) groups is 2. The lowest BCUT2D eigenvalue weighted by atomic mass is 10.1. The highest BCUT2D eigenvalue weighted by Crippen LogP contribution is 2.27. The van der Waals surface area contributed by atoms with Crippen LogP contribution in [-0.4, -0.2) is 23.9 Å². The molecule has 2 aromatic rings. The maximum Gasteiger partial charge on any atom is 0.290 e. The Morgan fingerprint density at radius 3 is 2.33 bits per heavy atom. The molecule has 0 radical (unpaired) electrons. The van der Waals surface area contributed by atoms with Crippen LogP contribution in [0.2, 0.25) is 10.0 Å². The lowest BCUT2D eigenvalue weighted by molar-refractivity contribution is -0.115. The summed E-state index contributed by atoms with van der Waals surface area (Å²) in [6, 6.07) is 10.7. The number of rotatable bonds is 5. The van der Waals surface area contributed by atoms with Gasteiger partial charge in [-0.1, -0.05) is 23.2 Å². The summed E-state index contributed by atoms with van der Waals surface area (Å²) in [5, 5.41) is 13.1. The Labute approximate surface area is 148 Å². The Morgan fingerprint density at radius 2 is 1.71 bits per heavy atom. The fourth-order valence-corrected chi connectivity index (χ4v) is 2.15. The number of ketones is 1. The molecule has 0 saturated carbocycles. The molecule has 7 heteroatoms. The van der Waals surface area contributed by atoms with E-state index in [1.165, 1.54) is 37.4 Å². The van der Waals surface area contributed by atoms with Crippen molar-refractivity contribution in [2.45, 2.75) is 0 Å². The van der Waals surface area contributed by atoms with Crippen molar-refractivity contribution < 1.29 is 19.4 Å². The van der Waals surface area contributed by atoms with Gasteiger partial charge in [0.15, 0.2) is 11.5 Å². The van der Waals surface area contributed by atoms with Gasteiger partial charge >= 0.3 is 0 Å². The van der Waals surface area contributed by atoms with Gasteiger partial charge in [-0.05, 0) is 42.5 Å². The van der Waals surface area contributed by atoms with Crippen molar-refractivity contribution >= 4 is 40.6 Å². The fourth-order valence-electron chi connectivity index (χ4n) is 1.85. The zero-order valence-corrected chi connectivity index (χ0v) is 14.1. The van der Waals surface area contributed by atoms with Gasteiger partial charge in [-0.2, -0.15) is 0 Å². The first-order chi connectivity index (χ1) is 11.4. The lowest BCUT2D eigenvalue weighted by Gasteiger charge is -2.10. The number of aliphatic hydroxyl groups excluding tert-OH is 1. The van der Waals surface area contributed by atoms with Crippen LogP contribution >= 0.6 is 23.2 Å². The number of methoxy groups -OCH3 is 1. The average Bonchev–Trinajstić information content (AvgIpc) is 2.55. The third kappa shape index (κ3) is 4.50. The molecule has 5 nitrogen and oxygen atoms in total. The molecule has 0 aromatic heterocycles. The number of nitrogens with one attached hydrogen (secondary N) is 1. The summed E-state index contributed by atoms with van der Waals surface area (Å²) >= 11 is 11.6. The first kappa shape index (κ1) is 17.8. The molecule has 24 heavy (non-hydrogen) atoms. The number of ether oxygens (including phenoxy) is 1. The molecule has 0 saturated heterocycles. The van der Waals surface area contributed by atoms with Gasteiger partial charge in [-0.3, -0.25) is 9.59 Å². The highest BCUT2D eigenvalue weighted by molar-refractivity contribution is 6.31. The number of hydrogen-bond acceptors (Lipinski definition) is 4. The maximum atomic E-state index is 12.0. The summed E-state index contributed by atoms with van der Waals surface area (Å²) in [7, 11) is 1.43. The molecule has 1 amide bonds. The van der Waals surface area contributed by atoms with Gasteiger partial charge in [0.2, 0.25) is 0 Å². The van der Waals surface area contributed by atoms with Gasteiger partial charge in [0, 0.05) is 21.7 Å². The van der Waals surface area contributed by atoms with Crippen LogP contribution in [0, 0.1) is 0 Å². The normalized spacial score (nSPS) is 11.0. The summed E-state index contributed by atoms with van der Waals surface area (Å²) < 4.78 is 5.09. The van der Waals surface area contributed by atoms with Crippen LogP contribution in [-0.2, 0) is 4.79 Å². The van der Waals surface area contributed by atoms with E-state index in [-0.39, 0.29) is 5.69 Å². The van der Waals surface area contributed by atoms with E-state index < -0.39 is 17.4 Å². The molecular formula is C17H13Cl2NO4. The number of halogens is 2. The Morgan fingerprint density at radius 1 is 1.08 bits per heavy atom. The predicted octanol–water partition coefficient (Wildman–Crippen LogP) is 4.27. The second-order valence-corrected chi connectivity index (χ2v) is 5.57. The Bertz CT molecular complexity index is 801. The average molecular weight is 366 g/mol.